The van der Waals surface area contributed by atoms with Crippen LogP contribution >= 0.6 is 11.6 Å². The van der Waals surface area contributed by atoms with Crippen LogP contribution in [0.1, 0.15) is 84.5 Å². The van der Waals surface area contributed by atoms with Gasteiger partial charge in [-0.2, -0.15) is 0 Å². The maximum atomic E-state index is 13.9. The summed E-state index contributed by atoms with van der Waals surface area (Å²) in [5, 5.41) is 11.8. The van der Waals surface area contributed by atoms with Gasteiger partial charge in [-0.15, -0.1) is 11.6 Å². The third-order valence-corrected chi connectivity index (χ3v) is 12.2. The number of methoxy groups -OCH3 is 1. The summed E-state index contributed by atoms with van der Waals surface area (Å²) in [6, 6.07) is 0. The Labute approximate surface area is 240 Å². The highest BCUT2D eigenvalue weighted by Gasteiger charge is 2.74. The molecule has 40 heavy (non-hydrogen) atoms. The van der Waals surface area contributed by atoms with E-state index in [0.29, 0.717) is 25.2 Å². The van der Waals surface area contributed by atoms with Crippen LogP contribution in [0.2, 0.25) is 0 Å². The van der Waals surface area contributed by atoms with Crippen molar-refractivity contribution < 1.29 is 38.5 Å². The normalized spacial score (nSPS) is 40.5. The van der Waals surface area contributed by atoms with Crippen molar-refractivity contribution in [2.45, 2.75) is 101 Å². The molecule has 5 aliphatic carbocycles. The van der Waals surface area contributed by atoms with E-state index in [1.807, 2.05) is 19.9 Å². The van der Waals surface area contributed by atoms with E-state index >= 15 is 0 Å². The van der Waals surface area contributed by atoms with Crippen LogP contribution in [0.15, 0.2) is 23.8 Å². The standard InChI is InChI=1S/C31H41ClO8/c1-28-14-12-21(33)16-20(28)9-10-23-22-13-15-30(40-27(37)38-3,29(22,2)17-24(34)31(23,28)32)25(35)18-39-26(36)11-8-19-6-4-5-7-19/h12,14,16,19,22-24,34H,4-11,13,15,17-18H2,1-3H3/t22-,23-,24?,28-,29-,30-,31-/m0/s1. The molecule has 0 heterocycles. The molecule has 5 rings (SSSR count). The molecule has 1 unspecified atom stereocenters. The molecule has 4 saturated carbocycles. The number of hydrogen-bond acceptors (Lipinski definition) is 8. The van der Waals surface area contributed by atoms with Gasteiger partial charge in [-0.1, -0.05) is 51.2 Å². The van der Waals surface area contributed by atoms with Crippen molar-refractivity contribution in [1.82, 2.24) is 0 Å². The summed E-state index contributed by atoms with van der Waals surface area (Å²) in [4.78, 5) is 50.1. The molecule has 4 fully saturated rings. The number of aliphatic hydroxyl groups is 1. The molecule has 0 aromatic rings. The number of aliphatic hydroxyl groups excluding tert-OH is 1. The van der Waals surface area contributed by atoms with Gasteiger partial charge in [0.15, 0.2) is 18.0 Å². The average Bonchev–Trinajstić information content (AvgIpc) is 3.54. The van der Waals surface area contributed by atoms with E-state index < -0.39 is 51.9 Å². The van der Waals surface area contributed by atoms with Gasteiger partial charge in [0.2, 0.25) is 5.78 Å². The van der Waals surface area contributed by atoms with Gasteiger partial charge >= 0.3 is 12.1 Å². The fourth-order valence-electron chi connectivity index (χ4n) is 9.02. The minimum absolute atomic E-state index is 0.0870. The fourth-order valence-corrected chi connectivity index (χ4v) is 9.54. The van der Waals surface area contributed by atoms with E-state index in [1.165, 1.54) is 26.0 Å². The number of hydrogen-bond donors (Lipinski definition) is 1. The third-order valence-electron chi connectivity index (χ3n) is 11.2. The van der Waals surface area contributed by atoms with E-state index in [9.17, 15) is 24.3 Å². The van der Waals surface area contributed by atoms with Crippen molar-refractivity contribution in [3.63, 3.8) is 0 Å². The van der Waals surface area contributed by atoms with Gasteiger partial charge < -0.3 is 19.3 Å². The van der Waals surface area contributed by atoms with Crippen molar-refractivity contribution in [2.75, 3.05) is 13.7 Å². The number of alkyl halides is 1. The van der Waals surface area contributed by atoms with Crippen LogP contribution in [-0.2, 0) is 28.6 Å². The molecule has 1 N–H and O–H groups in total. The molecule has 0 aliphatic heterocycles. The largest absolute Gasteiger partial charge is 0.509 e. The maximum Gasteiger partial charge on any atom is 0.509 e. The molecular weight excluding hydrogens is 536 g/mol. The lowest BCUT2D eigenvalue weighted by Crippen LogP contribution is -2.69. The fraction of sp³-hybridized carbons (Fsp3) is 0.742. The van der Waals surface area contributed by atoms with Crippen LogP contribution in [0.25, 0.3) is 0 Å². The quantitative estimate of drug-likeness (QED) is 0.323. The molecule has 0 amide bonds. The first-order chi connectivity index (χ1) is 18.9. The Hall–Kier alpha value is -2.19. The number of halogens is 1. The Morgan fingerprint density at radius 2 is 1.82 bits per heavy atom. The highest BCUT2D eigenvalue weighted by atomic mass is 35.5. The van der Waals surface area contributed by atoms with E-state index in [0.717, 1.165) is 24.8 Å². The molecule has 8 nitrogen and oxygen atoms in total. The summed E-state index contributed by atoms with van der Waals surface area (Å²) in [5.41, 5.74) is -2.43. The number of fused-ring (bicyclic) bond motifs is 5. The lowest BCUT2D eigenvalue weighted by Gasteiger charge is -2.63. The first-order valence-corrected chi connectivity index (χ1v) is 15.1. The lowest BCUT2D eigenvalue weighted by atomic mass is 9.45. The second-order valence-corrected chi connectivity index (χ2v) is 13.6. The first-order valence-electron chi connectivity index (χ1n) is 14.7. The number of rotatable bonds is 7. The van der Waals surface area contributed by atoms with Crippen molar-refractivity contribution in [3.05, 3.63) is 23.8 Å². The van der Waals surface area contributed by atoms with Crippen molar-refractivity contribution >= 4 is 35.3 Å². The zero-order chi connectivity index (χ0) is 28.9. The van der Waals surface area contributed by atoms with Crippen molar-refractivity contribution in [2.24, 2.45) is 28.6 Å². The van der Waals surface area contributed by atoms with Gasteiger partial charge in [-0.3, -0.25) is 14.4 Å². The Bertz CT molecular complexity index is 1140. The molecule has 0 aromatic carbocycles. The molecule has 5 aliphatic rings. The highest BCUT2D eigenvalue weighted by Crippen LogP contribution is 2.71. The number of Topliss-reactive ketones (excluding diaryl/α,β-unsaturated/α-hetero) is 1. The minimum Gasteiger partial charge on any atom is -0.457 e. The maximum absolute atomic E-state index is 13.9. The van der Waals surface area contributed by atoms with Gasteiger partial charge in [0.25, 0.3) is 0 Å². The summed E-state index contributed by atoms with van der Waals surface area (Å²) >= 11 is 7.48. The highest BCUT2D eigenvalue weighted by molar-refractivity contribution is 6.26. The Morgan fingerprint density at radius 1 is 1.10 bits per heavy atom. The predicted octanol–water partition coefficient (Wildman–Crippen LogP) is 5.23. The van der Waals surface area contributed by atoms with Crippen LogP contribution in [0.3, 0.4) is 0 Å². The SMILES string of the molecule is COC(=O)O[C@]1(C(=O)COC(=O)CCC2CCCC2)CC[C@H]2[C@@H]3CCC4=CC(=O)C=C[C@]4(C)[C@@]3(Cl)C(O)C[C@@]21C. The monoisotopic (exact) mass is 576 g/mol. The molecule has 0 radical (unpaired) electrons. The third kappa shape index (κ3) is 4.36. The smallest absolute Gasteiger partial charge is 0.457 e. The molecular formula is C31H41ClO8. The minimum atomic E-state index is -1.63. The zero-order valence-electron chi connectivity index (χ0n) is 23.7. The summed E-state index contributed by atoms with van der Waals surface area (Å²) in [7, 11) is 1.18. The second-order valence-electron chi connectivity index (χ2n) is 13.0. The summed E-state index contributed by atoms with van der Waals surface area (Å²) in [6.07, 6.45) is 10.6. The number of carbonyl (C=O) groups is 4. The topological polar surface area (TPSA) is 116 Å². The summed E-state index contributed by atoms with van der Waals surface area (Å²) in [6.45, 7) is 3.34. The number of carbonyl (C=O) groups excluding carboxylic acids is 4. The number of ketones is 2. The molecule has 220 valence electrons. The van der Waals surface area contributed by atoms with E-state index in [4.69, 9.17) is 25.8 Å². The molecule has 0 aromatic heterocycles. The molecule has 0 saturated heterocycles. The van der Waals surface area contributed by atoms with Gasteiger partial charge in [-0.05, 0) is 68.4 Å². The zero-order valence-corrected chi connectivity index (χ0v) is 24.5. The molecule has 0 spiro atoms. The number of esters is 1. The second kappa shape index (κ2) is 10.6. The lowest BCUT2D eigenvalue weighted by molar-refractivity contribution is -0.181. The van der Waals surface area contributed by atoms with Gasteiger partial charge in [-0.25, -0.2) is 4.79 Å². The first kappa shape index (κ1) is 29.3. The summed E-state index contributed by atoms with van der Waals surface area (Å²) < 4.78 is 16.1. The Balaban J connectivity index is 1.40. The Morgan fingerprint density at radius 3 is 2.52 bits per heavy atom. The van der Waals surface area contributed by atoms with Gasteiger partial charge in [0, 0.05) is 17.3 Å². The number of ether oxygens (including phenoxy) is 3. The van der Waals surface area contributed by atoms with Gasteiger partial charge in [0.1, 0.15) is 0 Å². The van der Waals surface area contributed by atoms with Crippen LogP contribution in [0.4, 0.5) is 4.79 Å². The van der Waals surface area contributed by atoms with Crippen LogP contribution in [-0.4, -0.2) is 59.1 Å². The van der Waals surface area contributed by atoms with Crippen LogP contribution < -0.4 is 0 Å². The molecule has 9 heteroatoms. The molecule has 7 atom stereocenters. The summed E-state index contributed by atoms with van der Waals surface area (Å²) in [5.74, 6) is -0.878. The van der Waals surface area contributed by atoms with Gasteiger partial charge in [0.05, 0.1) is 18.1 Å². The van der Waals surface area contributed by atoms with Crippen LogP contribution in [0.5, 0.6) is 0 Å². The van der Waals surface area contributed by atoms with Crippen molar-refractivity contribution in [3.8, 4) is 0 Å². The molecule has 0 bridgehead atoms. The number of allylic oxidation sites excluding steroid dienone is 4. The Kier molecular flexibility index (Phi) is 7.75. The van der Waals surface area contributed by atoms with E-state index in [-0.39, 0.29) is 36.9 Å². The van der Waals surface area contributed by atoms with E-state index in [1.54, 1.807) is 6.08 Å². The van der Waals surface area contributed by atoms with Crippen molar-refractivity contribution in [1.29, 1.82) is 0 Å². The average molecular weight is 577 g/mol. The predicted molar refractivity (Wildman–Crippen MR) is 146 cm³/mol. The van der Waals surface area contributed by atoms with E-state index in [2.05, 4.69) is 0 Å². The van der Waals surface area contributed by atoms with Crippen LogP contribution in [0, 0.1) is 28.6 Å².